The van der Waals surface area contributed by atoms with Gasteiger partial charge in [-0.15, -0.1) is 0 Å². The molecule has 18 heavy (non-hydrogen) atoms. The van der Waals surface area contributed by atoms with Crippen molar-refractivity contribution in [3.63, 3.8) is 0 Å². The third-order valence-corrected chi connectivity index (χ3v) is 2.98. The Bertz CT molecular complexity index is 158. The molecule has 0 amide bonds. The molecular formula is C14H32N2O2. The normalized spacial score (nSPS) is 13.2. The zero-order valence-electron chi connectivity index (χ0n) is 12.5. The van der Waals surface area contributed by atoms with Crippen LogP contribution in [0.2, 0.25) is 0 Å². The lowest BCUT2D eigenvalue weighted by Gasteiger charge is -2.25. The van der Waals surface area contributed by atoms with Gasteiger partial charge in [0, 0.05) is 32.8 Å². The second kappa shape index (κ2) is 13.3. The summed E-state index contributed by atoms with van der Waals surface area (Å²) >= 11 is 0. The van der Waals surface area contributed by atoms with E-state index in [0.717, 1.165) is 59.0 Å². The lowest BCUT2D eigenvalue weighted by Crippen LogP contribution is -2.34. The molecule has 4 heteroatoms. The summed E-state index contributed by atoms with van der Waals surface area (Å²) < 4.78 is 10.9. The van der Waals surface area contributed by atoms with Gasteiger partial charge < -0.3 is 15.2 Å². The molecule has 0 heterocycles. The number of hydrogen-bond acceptors (Lipinski definition) is 4. The maximum atomic E-state index is 5.55. The van der Waals surface area contributed by atoms with Crippen molar-refractivity contribution in [1.82, 2.24) is 4.90 Å². The minimum atomic E-state index is 0.691. The van der Waals surface area contributed by atoms with Gasteiger partial charge in [-0.25, -0.2) is 0 Å². The first-order chi connectivity index (χ1) is 8.74. The van der Waals surface area contributed by atoms with Gasteiger partial charge in [0.2, 0.25) is 0 Å². The summed E-state index contributed by atoms with van der Waals surface area (Å²) in [5, 5.41) is 0. The minimum absolute atomic E-state index is 0.691. The quantitative estimate of drug-likeness (QED) is 0.512. The number of hydrogen-bond donors (Lipinski definition) is 1. The fraction of sp³-hybridized carbons (Fsp3) is 1.00. The Labute approximate surface area is 113 Å². The van der Waals surface area contributed by atoms with E-state index >= 15 is 0 Å². The Kier molecular flexibility index (Phi) is 13.2. The maximum Gasteiger partial charge on any atom is 0.0593 e. The van der Waals surface area contributed by atoms with Crippen LogP contribution in [0.1, 0.15) is 33.6 Å². The van der Waals surface area contributed by atoms with E-state index in [9.17, 15) is 0 Å². The lowest BCUT2D eigenvalue weighted by molar-refractivity contribution is 0.0761. The van der Waals surface area contributed by atoms with Crippen LogP contribution in [0, 0.1) is 5.92 Å². The van der Waals surface area contributed by atoms with Crippen LogP contribution in [0.4, 0.5) is 0 Å². The molecule has 0 aromatic carbocycles. The topological polar surface area (TPSA) is 47.7 Å². The molecule has 0 saturated heterocycles. The van der Waals surface area contributed by atoms with Gasteiger partial charge in [0.05, 0.1) is 13.2 Å². The van der Waals surface area contributed by atoms with Crippen molar-refractivity contribution in [2.75, 3.05) is 52.6 Å². The number of nitrogens with zero attached hydrogens (tertiary/aromatic N) is 1. The van der Waals surface area contributed by atoms with Gasteiger partial charge in [-0.3, -0.25) is 4.90 Å². The summed E-state index contributed by atoms with van der Waals surface area (Å²) in [7, 11) is 0. The molecule has 0 radical (unpaired) electrons. The molecule has 0 aromatic heterocycles. The van der Waals surface area contributed by atoms with Gasteiger partial charge >= 0.3 is 0 Å². The predicted molar refractivity (Wildman–Crippen MR) is 76.9 cm³/mol. The van der Waals surface area contributed by atoms with Gasteiger partial charge in [0.25, 0.3) is 0 Å². The molecule has 110 valence electrons. The van der Waals surface area contributed by atoms with Crippen LogP contribution < -0.4 is 5.73 Å². The van der Waals surface area contributed by atoms with Crippen LogP contribution in [0.3, 0.4) is 0 Å². The highest BCUT2D eigenvalue weighted by atomic mass is 16.5. The molecule has 0 aromatic rings. The van der Waals surface area contributed by atoms with Crippen molar-refractivity contribution >= 4 is 0 Å². The molecule has 0 bridgehead atoms. The molecule has 0 rings (SSSR count). The fourth-order valence-corrected chi connectivity index (χ4v) is 1.97. The molecule has 0 aliphatic rings. The van der Waals surface area contributed by atoms with Crippen molar-refractivity contribution in [3.8, 4) is 0 Å². The second-order valence-corrected chi connectivity index (χ2v) is 4.73. The van der Waals surface area contributed by atoms with Crippen LogP contribution in [0.25, 0.3) is 0 Å². The first kappa shape index (κ1) is 17.8. The SMILES string of the molecule is CCOCCN(CCOCC)CC(C)CCCN. The van der Waals surface area contributed by atoms with E-state index in [4.69, 9.17) is 15.2 Å². The third kappa shape index (κ3) is 11.0. The monoisotopic (exact) mass is 260 g/mol. The molecule has 1 atom stereocenters. The highest BCUT2D eigenvalue weighted by Gasteiger charge is 2.10. The summed E-state index contributed by atoms with van der Waals surface area (Å²) in [5.41, 5.74) is 5.55. The van der Waals surface area contributed by atoms with Gasteiger partial charge in [-0.1, -0.05) is 6.92 Å². The summed E-state index contributed by atoms with van der Waals surface area (Å²) in [4.78, 5) is 2.44. The molecule has 0 spiro atoms. The highest BCUT2D eigenvalue weighted by molar-refractivity contribution is 4.63. The van der Waals surface area contributed by atoms with E-state index < -0.39 is 0 Å². The van der Waals surface area contributed by atoms with Gasteiger partial charge in [-0.2, -0.15) is 0 Å². The largest absolute Gasteiger partial charge is 0.380 e. The zero-order valence-corrected chi connectivity index (χ0v) is 12.5. The Morgan fingerprint density at radius 1 is 1.06 bits per heavy atom. The molecule has 0 aliphatic carbocycles. The van der Waals surface area contributed by atoms with Crippen molar-refractivity contribution in [3.05, 3.63) is 0 Å². The summed E-state index contributed by atoms with van der Waals surface area (Å²) in [6.45, 7) is 13.5. The Morgan fingerprint density at radius 2 is 1.61 bits per heavy atom. The first-order valence-electron chi connectivity index (χ1n) is 7.32. The van der Waals surface area contributed by atoms with Crippen LogP contribution in [-0.4, -0.2) is 57.5 Å². The number of nitrogens with two attached hydrogens (primary N) is 1. The van der Waals surface area contributed by atoms with E-state index in [0.29, 0.717) is 5.92 Å². The zero-order chi connectivity index (χ0) is 13.6. The predicted octanol–water partition coefficient (Wildman–Crippen LogP) is 1.74. The van der Waals surface area contributed by atoms with E-state index in [-0.39, 0.29) is 0 Å². The number of rotatable bonds is 13. The van der Waals surface area contributed by atoms with Crippen LogP contribution >= 0.6 is 0 Å². The molecule has 2 N–H and O–H groups in total. The lowest BCUT2D eigenvalue weighted by atomic mass is 10.1. The van der Waals surface area contributed by atoms with Gasteiger partial charge in [0.15, 0.2) is 0 Å². The Balaban J connectivity index is 3.85. The second-order valence-electron chi connectivity index (χ2n) is 4.73. The number of ether oxygens (including phenoxy) is 2. The van der Waals surface area contributed by atoms with Crippen LogP contribution in [0.15, 0.2) is 0 Å². The highest BCUT2D eigenvalue weighted by Crippen LogP contribution is 2.07. The molecule has 0 saturated carbocycles. The fourth-order valence-electron chi connectivity index (χ4n) is 1.97. The van der Waals surface area contributed by atoms with E-state index in [1.54, 1.807) is 0 Å². The van der Waals surface area contributed by atoms with Crippen molar-refractivity contribution < 1.29 is 9.47 Å². The standard InChI is InChI=1S/C14H32N2O2/c1-4-17-11-9-16(10-12-18-5-2)13-14(3)7-6-8-15/h14H,4-13,15H2,1-3H3. The molecule has 0 aliphatic heterocycles. The van der Waals surface area contributed by atoms with Crippen molar-refractivity contribution in [2.24, 2.45) is 11.7 Å². The summed E-state index contributed by atoms with van der Waals surface area (Å²) in [6, 6.07) is 0. The maximum absolute atomic E-state index is 5.55. The minimum Gasteiger partial charge on any atom is -0.380 e. The first-order valence-corrected chi connectivity index (χ1v) is 7.32. The van der Waals surface area contributed by atoms with E-state index in [1.165, 1.54) is 6.42 Å². The molecule has 0 fully saturated rings. The Hall–Kier alpha value is -0.160. The van der Waals surface area contributed by atoms with Crippen LogP contribution in [0.5, 0.6) is 0 Å². The van der Waals surface area contributed by atoms with Gasteiger partial charge in [0.1, 0.15) is 0 Å². The van der Waals surface area contributed by atoms with E-state index in [1.807, 2.05) is 13.8 Å². The van der Waals surface area contributed by atoms with Crippen molar-refractivity contribution in [2.45, 2.75) is 33.6 Å². The van der Waals surface area contributed by atoms with E-state index in [2.05, 4.69) is 11.8 Å². The Morgan fingerprint density at radius 3 is 2.06 bits per heavy atom. The average molecular weight is 260 g/mol. The third-order valence-electron chi connectivity index (χ3n) is 2.98. The summed E-state index contributed by atoms with van der Waals surface area (Å²) in [5.74, 6) is 0.691. The average Bonchev–Trinajstić information content (AvgIpc) is 2.36. The van der Waals surface area contributed by atoms with Crippen molar-refractivity contribution in [1.29, 1.82) is 0 Å². The molecule has 1 unspecified atom stereocenters. The van der Waals surface area contributed by atoms with Crippen LogP contribution in [-0.2, 0) is 9.47 Å². The molecular weight excluding hydrogens is 228 g/mol. The summed E-state index contributed by atoms with van der Waals surface area (Å²) in [6.07, 6.45) is 2.32. The molecule has 4 nitrogen and oxygen atoms in total. The smallest absolute Gasteiger partial charge is 0.0593 e. The van der Waals surface area contributed by atoms with Gasteiger partial charge in [-0.05, 0) is 39.2 Å².